The zero-order valence-electron chi connectivity index (χ0n) is 35.5. The van der Waals surface area contributed by atoms with Crippen molar-refractivity contribution < 1.29 is 137 Å². The van der Waals surface area contributed by atoms with Gasteiger partial charge in [0.05, 0.1) is 32.7 Å². The van der Waals surface area contributed by atoms with E-state index in [1.165, 1.54) is 12.1 Å². The van der Waals surface area contributed by atoms with Crippen molar-refractivity contribution >= 4 is 47.8 Å². The van der Waals surface area contributed by atoms with Crippen LogP contribution < -0.4 is 10.2 Å². The fourth-order valence-electron chi connectivity index (χ4n) is 5.56. The number of carbonyl (C=O) groups is 1. The van der Waals surface area contributed by atoms with Gasteiger partial charge in [0, 0.05) is 27.8 Å². The third-order valence-electron chi connectivity index (χ3n) is 8.93. The molecule has 3 aromatic rings. The van der Waals surface area contributed by atoms with E-state index in [-0.39, 0.29) is 10.5 Å². The lowest BCUT2D eigenvalue weighted by Crippen LogP contribution is -2.60. The fraction of sp³-hybridized carbons (Fsp3) is 0.417. The normalized spacial score (nSPS) is 18.9. The molecular weight excluding hydrogens is 1160 g/mol. The zero-order valence-corrected chi connectivity index (χ0v) is 38.0. The van der Waals surface area contributed by atoms with E-state index in [0.29, 0.717) is 11.4 Å². The maximum Gasteiger partial charge on any atom is 0.453 e. The van der Waals surface area contributed by atoms with E-state index in [4.69, 9.17) is 0 Å². The van der Waals surface area contributed by atoms with Gasteiger partial charge in [-0.1, -0.05) is 61.6 Å². The van der Waals surface area contributed by atoms with Gasteiger partial charge >= 0.3 is 24.2 Å². The van der Waals surface area contributed by atoms with Crippen molar-refractivity contribution in [3.05, 3.63) is 109 Å². The number of carbonyl (C=O) groups excluding carboxylic acids is 1. The van der Waals surface area contributed by atoms with Gasteiger partial charge in [0.2, 0.25) is 5.92 Å². The van der Waals surface area contributed by atoms with E-state index in [9.17, 15) is 137 Å². The predicted molar refractivity (Wildman–Crippen MR) is 204 cm³/mol. The van der Waals surface area contributed by atoms with Crippen molar-refractivity contribution in [1.82, 2.24) is 0 Å². The number of alkyl halides is 18. The molecule has 0 N–H and O–H groups in total. The molecule has 1 amide bonds. The number of rotatable bonds is 8. The maximum atomic E-state index is 13.0. The topological polar surface area (TPSA) is 233 Å². The molecule has 0 aromatic heterocycles. The van der Waals surface area contributed by atoms with Gasteiger partial charge in [-0.3, -0.25) is 4.79 Å². The van der Waals surface area contributed by atoms with E-state index >= 15 is 0 Å². The first kappa shape index (κ1) is 63.8. The smallest absolute Gasteiger partial charge is 0.453 e. The number of piperidine rings is 1. The largest absolute Gasteiger partial charge is 0.858 e. The van der Waals surface area contributed by atoms with Gasteiger partial charge in [0.25, 0.3) is 33.7 Å². The van der Waals surface area contributed by atoms with Crippen molar-refractivity contribution in [1.29, 1.82) is 0 Å². The highest BCUT2D eigenvalue weighted by Gasteiger charge is 2.69. The first-order valence-electron chi connectivity index (χ1n) is 18.8. The Bertz CT molecular complexity index is 3030. The third kappa shape index (κ3) is 15.5. The molecule has 39 heteroatoms. The molecule has 0 spiro atoms. The van der Waals surface area contributed by atoms with E-state index in [0.717, 1.165) is 5.56 Å². The summed E-state index contributed by atoms with van der Waals surface area (Å²) in [5.74, 6) is -45.0. The number of hydrogen-bond donors (Lipinski definition) is 0. The van der Waals surface area contributed by atoms with Crippen LogP contribution in [0.15, 0.2) is 67.7 Å². The lowest BCUT2D eigenvalue weighted by molar-refractivity contribution is -0.307. The second-order valence-corrected chi connectivity index (χ2v) is 19.8. The SMILES string of the molecule is FC1(F)C[N-]CC(F)(F)C1(F)F.O=C1N=C([O-])c2c(F)c(F)c(F)c(F)c21.O=S(=O)(CC(F)(F)CC(F)(F)F)[N-]CC(F)(F)CC(F)(F)C(F)(F)F.O=S1(=O)N=C([O-])c2ccccc21.O=S1(=O)[N-]Cc2ccccc21. The van der Waals surface area contributed by atoms with Gasteiger partial charge in [-0.2, -0.15) is 56.7 Å². The highest BCUT2D eigenvalue weighted by atomic mass is 32.2. The van der Waals surface area contributed by atoms with Gasteiger partial charge in [-0.05, 0) is 12.1 Å². The molecule has 4 aliphatic heterocycles. The Morgan fingerprint density at radius 2 is 1.13 bits per heavy atom. The van der Waals surface area contributed by atoms with Crippen molar-refractivity contribution in [2.24, 2.45) is 9.39 Å². The first-order chi connectivity index (χ1) is 33.5. The number of fused-ring (bicyclic) bond motifs is 3. The lowest BCUT2D eigenvalue weighted by Gasteiger charge is -2.44. The van der Waals surface area contributed by atoms with Crippen LogP contribution in [-0.2, 0) is 36.6 Å². The number of halogens is 22. The molecule has 0 aliphatic carbocycles. The molecule has 4 heterocycles. The van der Waals surface area contributed by atoms with Crippen LogP contribution in [0.25, 0.3) is 14.8 Å². The second-order valence-electron chi connectivity index (χ2n) is 14.9. The van der Waals surface area contributed by atoms with Crippen LogP contribution in [0.5, 0.6) is 0 Å². The molecule has 3 aromatic carbocycles. The summed E-state index contributed by atoms with van der Waals surface area (Å²) in [6.45, 7) is -5.35. The Kier molecular flexibility index (Phi) is 18.6. The number of sulfonamides is 3. The van der Waals surface area contributed by atoms with E-state index in [1.54, 1.807) is 30.3 Å². The molecule has 1 fully saturated rings. The summed E-state index contributed by atoms with van der Waals surface area (Å²) in [4.78, 5) is 13.9. The van der Waals surface area contributed by atoms with Crippen LogP contribution in [0.2, 0.25) is 0 Å². The molecule has 0 unspecified atom stereocenters. The summed E-state index contributed by atoms with van der Waals surface area (Å²) in [6.07, 6.45) is -18.1. The Labute approximate surface area is 404 Å². The molecule has 14 nitrogen and oxygen atoms in total. The average Bonchev–Trinajstić information content (AvgIpc) is 3.81. The minimum Gasteiger partial charge on any atom is -0.858 e. The molecular formula is C36H22F22N5O9S3-5. The molecule has 75 heavy (non-hydrogen) atoms. The van der Waals surface area contributed by atoms with Gasteiger partial charge in [0.1, 0.15) is 16.4 Å². The van der Waals surface area contributed by atoms with Crippen molar-refractivity contribution in [3.8, 4) is 0 Å². The van der Waals surface area contributed by atoms with Crippen LogP contribution in [0.4, 0.5) is 96.6 Å². The summed E-state index contributed by atoms with van der Waals surface area (Å²) in [5, 5.41) is 24.4. The highest BCUT2D eigenvalue weighted by Crippen LogP contribution is 2.50. The monoisotopic (exact) mass is 1180 g/mol. The number of nitrogens with zero attached hydrogens (tertiary/aromatic N) is 5. The van der Waals surface area contributed by atoms with Gasteiger partial charge in [0.15, 0.2) is 23.3 Å². The number of hydrogen-bond acceptors (Lipinski definition) is 9. The van der Waals surface area contributed by atoms with Crippen molar-refractivity contribution in [3.63, 3.8) is 0 Å². The van der Waals surface area contributed by atoms with E-state index in [1.807, 2.05) is 10.8 Å². The molecule has 0 atom stereocenters. The average molecular weight is 1180 g/mol. The van der Waals surface area contributed by atoms with Crippen LogP contribution in [0.3, 0.4) is 0 Å². The van der Waals surface area contributed by atoms with Gasteiger partial charge in [-0.25, -0.2) is 74.5 Å². The standard InChI is InChI=1S/C9H8F12NO2S.C8HF4NO2.C7H5NO3S.C7H6NO2S.C5H4F6N/c10-5(11,1-7(14,15)9(19,20)21)3-22-25(23,24)4-6(12,13)2-8(16,17)18;9-3-1-2(8(15)13-7(1)14)4(10)6(12)5(3)11;9-7-5-3-1-2-4-6(5)12(10,11)8-7;9-11(10)7-4-2-1-3-6(7)5-8-11;6-3(7)1-12-2-4(8,9)5(3,10)11/h1-4H2;(H,13,14,15);1-4H,(H,8,9);1-4H,5H2;1-2H2/q-1;;;2*-1/p-2. The molecule has 7 rings (SSSR count). The van der Waals surface area contributed by atoms with E-state index in [2.05, 4.69) is 19.4 Å². The Morgan fingerprint density at radius 3 is 1.60 bits per heavy atom. The van der Waals surface area contributed by atoms with Crippen molar-refractivity contribution in [2.45, 2.75) is 77.1 Å². The summed E-state index contributed by atoms with van der Waals surface area (Å²) < 4.78 is 346. The molecule has 0 radical (unpaired) electrons. The summed E-state index contributed by atoms with van der Waals surface area (Å²) in [7, 11) is -12.6. The maximum absolute atomic E-state index is 13.0. The summed E-state index contributed by atoms with van der Waals surface area (Å²) in [5.41, 5.74) is -1.35. The molecule has 0 bridgehead atoms. The van der Waals surface area contributed by atoms with Gasteiger partial charge < -0.3 is 25.0 Å². The number of aliphatic imine (C=N–C) groups is 1. The third-order valence-corrected chi connectivity index (χ3v) is 13.0. The molecule has 4 aliphatic rings. The zero-order chi connectivity index (χ0) is 58.1. The van der Waals surface area contributed by atoms with Gasteiger partial charge in [-0.15, -0.1) is 6.54 Å². The van der Waals surface area contributed by atoms with Crippen molar-refractivity contribution in [2.75, 3.05) is 25.4 Å². The Balaban J connectivity index is 0.000000256. The summed E-state index contributed by atoms with van der Waals surface area (Å²) >= 11 is 0. The Morgan fingerprint density at radius 1 is 0.653 bits per heavy atom. The molecule has 422 valence electrons. The molecule has 0 saturated carbocycles. The minimum absolute atomic E-state index is 0.00926. The van der Waals surface area contributed by atoms with E-state index < -0.39 is 168 Å². The molecule has 1 saturated heterocycles. The number of amides is 1. The number of benzene rings is 3. The second kappa shape index (κ2) is 21.8. The minimum atomic E-state index is -6.39. The first-order valence-corrected chi connectivity index (χ1v) is 23.3. The van der Waals surface area contributed by atoms with Crippen LogP contribution in [-0.4, -0.2) is 116 Å². The summed E-state index contributed by atoms with van der Waals surface area (Å²) in [6, 6.07) is 12.9. The van der Waals surface area contributed by atoms with Crippen LogP contribution in [0.1, 0.15) is 39.9 Å². The lowest BCUT2D eigenvalue weighted by atomic mass is 10.0. The van der Waals surface area contributed by atoms with Crippen LogP contribution in [0, 0.1) is 23.3 Å². The predicted octanol–water partition coefficient (Wildman–Crippen LogP) is 8.04. The fourth-order valence-corrected chi connectivity index (χ4v) is 8.93. The quantitative estimate of drug-likeness (QED) is 0.120. The Hall–Kier alpha value is -5.54. The van der Waals surface area contributed by atoms with Crippen LogP contribution >= 0.6 is 0 Å². The highest BCUT2D eigenvalue weighted by molar-refractivity contribution is 7.94.